The largest absolute Gasteiger partial charge is 0.387 e. The molecule has 0 saturated carbocycles. The molecule has 1 aliphatic rings. The van der Waals surface area contributed by atoms with Gasteiger partial charge in [0, 0.05) is 6.54 Å². The molecule has 2 aromatic heterocycles. The summed E-state index contributed by atoms with van der Waals surface area (Å²) >= 11 is 0. The minimum absolute atomic E-state index is 0.161. The standard InChI is InChI=1S/C15H22N6O5/c1-2-3-4-17-14(25)10(24)11-8(22)9(23)15(26-11)21-6-20-7-12(16)18-5-19-13(7)21/h5-6,8-11,15,22-24H,2-4H2,1H3,(H,17,25)(H2,16,18,19)/t8?,9?,10?,11-,15+/m0/s1. The second-order valence-corrected chi connectivity index (χ2v) is 6.14. The van der Waals surface area contributed by atoms with Crippen molar-refractivity contribution in [3.63, 3.8) is 0 Å². The number of fused-ring (bicyclic) bond motifs is 1. The fourth-order valence-corrected chi connectivity index (χ4v) is 2.87. The highest BCUT2D eigenvalue weighted by Crippen LogP contribution is 2.33. The van der Waals surface area contributed by atoms with E-state index in [0.717, 1.165) is 12.8 Å². The highest BCUT2D eigenvalue weighted by molar-refractivity contribution is 5.82. The second-order valence-electron chi connectivity index (χ2n) is 6.14. The van der Waals surface area contributed by atoms with Gasteiger partial charge in [-0.05, 0) is 6.42 Å². The number of hydrogen-bond donors (Lipinski definition) is 5. The molecule has 26 heavy (non-hydrogen) atoms. The number of nitrogen functional groups attached to an aromatic ring is 1. The van der Waals surface area contributed by atoms with Crippen LogP contribution in [0.2, 0.25) is 0 Å². The summed E-state index contributed by atoms with van der Waals surface area (Å²) < 4.78 is 6.96. The van der Waals surface area contributed by atoms with Crippen LogP contribution >= 0.6 is 0 Å². The number of carbonyl (C=O) groups is 1. The first-order valence-electron chi connectivity index (χ1n) is 8.36. The van der Waals surface area contributed by atoms with Gasteiger partial charge >= 0.3 is 0 Å². The van der Waals surface area contributed by atoms with Crippen LogP contribution in [0.1, 0.15) is 26.0 Å². The van der Waals surface area contributed by atoms with Gasteiger partial charge in [-0.25, -0.2) is 15.0 Å². The lowest BCUT2D eigenvalue weighted by Gasteiger charge is -2.20. The molecule has 6 N–H and O–H groups in total. The molecular weight excluding hydrogens is 344 g/mol. The van der Waals surface area contributed by atoms with Crippen LogP contribution < -0.4 is 11.1 Å². The monoisotopic (exact) mass is 366 g/mol. The summed E-state index contributed by atoms with van der Waals surface area (Å²) in [5.41, 5.74) is 6.35. The summed E-state index contributed by atoms with van der Waals surface area (Å²) in [4.78, 5) is 24.0. The number of aromatic nitrogens is 4. The van der Waals surface area contributed by atoms with Crippen molar-refractivity contribution in [2.75, 3.05) is 12.3 Å². The predicted octanol–water partition coefficient (Wildman–Crippen LogP) is -1.70. The van der Waals surface area contributed by atoms with Crippen LogP contribution in [0.15, 0.2) is 12.7 Å². The van der Waals surface area contributed by atoms with Gasteiger partial charge in [-0.3, -0.25) is 9.36 Å². The maximum atomic E-state index is 12.0. The first-order chi connectivity index (χ1) is 12.5. The van der Waals surface area contributed by atoms with E-state index in [-0.39, 0.29) is 5.82 Å². The molecule has 1 amide bonds. The quantitative estimate of drug-likeness (QED) is 0.374. The molecular formula is C15H22N6O5. The summed E-state index contributed by atoms with van der Waals surface area (Å²) in [6, 6.07) is 0. The van der Waals surface area contributed by atoms with Gasteiger partial charge in [-0.15, -0.1) is 0 Å². The van der Waals surface area contributed by atoms with Crippen LogP contribution in [0, 0.1) is 0 Å². The number of ether oxygens (including phenoxy) is 1. The van der Waals surface area contributed by atoms with E-state index in [4.69, 9.17) is 10.5 Å². The van der Waals surface area contributed by atoms with Gasteiger partial charge in [0.2, 0.25) is 0 Å². The van der Waals surface area contributed by atoms with E-state index in [2.05, 4.69) is 20.3 Å². The SMILES string of the molecule is CCCCNC(=O)C(O)[C@H]1O[C@@H](n2cnc3c(N)ncnc32)C(O)C1O. The van der Waals surface area contributed by atoms with Crippen LogP contribution in [0.3, 0.4) is 0 Å². The molecule has 0 aromatic carbocycles. The zero-order chi connectivity index (χ0) is 18.8. The maximum Gasteiger partial charge on any atom is 0.251 e. The van der Waals surface area contributed by atoms with Gasteiger partial charge in [0.05, 0.1) is 6.33 Å². The summed E-state index contributed by atoms with van der Waals surface area (Å²) in [7, 11) is 0. The molecule has 0 bridgehead atoms. The van der Waals surface area contributed by atoms with Crippen molar-refractivity contribution in [1.29, 1.82) is 0 Å². The van der Waals surface area contributed by atoms with Crippen molar-refractivity contribution < 1.29 is 24.9 Å². The number of anilines is 1. The third-order valence-corrected chi connectivity index (χ3v) is 4.35. The molecule has 3 unspecified atom stereocenters. The Morgan fingerprint density at radius 3 is 2.88 bits per heavy atom. The number of hydrogen-bond acceptors (Lipinski definition) is 9. The fraction of sp³-hybridized carbons (Fsp3) is 0.600. The first kappa shape index (κ1) is 18.5. The number of unbranched alkanes of at least 4 members (excludes halogenated alkanes) is 1. The highest BCUT2D eigenvalue weighted by Gasteiger charge is 2.49. The molecule has 1 saturated heterocycles. The van der Waals surface area contributed by atoms with E-state index < -0.39 is 36.6 Å². The topological polar surface area (TPSA) is 169 Å². The van der Waals surface area contributed by atoms with Crippen LogP contribution in [-0.2, 0) is 9.53 Å². The second kappa shape index (κ2) is 7.50. The fourth-order valence-electron chi connectivity index (χ4n) is 2.87. The van der Waals surface area contributed by atoms with Gasteiger partial charge < -0.3 is 31.1 Å². The summed E-state index contributed by atoms with van der Waals surface area (Å²) in [6.07, 6.45) is -2.65. The Morgan fingerprint density at radius 2 is 2.15 bits per heavy atom. The molecule has 3 heterocycles. The molecule has 0 aliphatic carbocycles. The van der Waals surface area contributed by atoms with Crippen LogP contribution in [0.4, 0.5) is 5.82 Å². The Labute approximate surface area is 148 Å². The molecule has 142 valence electrons. The number of carbonyl (C=O) groups excluding carboxylic acids is 1. The third-order valence-electron chi connectivity index (χ3n) is 4.35. The number of nitrogens with two attached hydrogens (primary N) is 1. The predicted molar refractivity (Wildman–Crippen MR) is 89.6 cm³/mol. The molecule has 3 rings (SSSR count). The number of aliphatic hydroxyl groups excluding tert-OH is 3. The summed E-state index contributed by atoms with van der Waals surface area (Å²) in [5.74, 6) is -0.508. The van der Waals surface area contributed by atoms with E-state index in [9.17, 15) is 20.1 Å². The molecule has 11 heteroatoms. The summed E-state index contributed by atoms with van der Waals surface area (Å²) in [5, 5.41) is 33.3. The van der Waals surface area contributed by atoms with Crippen molar-refractivity contribution in [3.8, 4) is 0 Å². The van der Waals surface area contributed by atoms with Crippen LogP contribution in [0.5, 0.6) is 0 Å². The Balaban J connectivity index is 1.79. The molecule has 2 aromatic rings. The van der Waals surface area contributed by atoms with E-state index >= 15 is 0 Å². The van der Waals surface area contributed by atoms with Crippen LogP contribution in [0.25, 0.3) is 11.2 Å². The molecule has 5 atom stereocenters. The highest BCUT2D eigenvalue weighted by atomic mass is 16.6. The number of aliphatic hydroxyl groups is 3. The zero-order valence-corrected chi connectivity index (χ0v) is 14.2. The van der Waals surface area contributed by atoms with Gasteiger partial charge in [0.15, 0.2) is 23.8 Å². The molecule has 1 aliphatic heterocycles. The number of amides is 1. The normalized spacial score (nSPS) is 26.9. The minimum atomic E-state index is -1.63. The minimum Gasteiger partial charge on any atom is -0.387 e. The number of nitrogens with one attached hydrogen (secondary N) is 1. The lowest BCUT2D eigenvalue weighted by atomic mass is 10.0. The van der Waals surface area contributed by atoms with E-state index in [1.165, 1.54) is 17.2 Å². The summed E-state index contributed by atoms with van der Waals surface area (Å²) in [6.45, 7) is 2.38. The molecule has 0 spiro atoms. The average molecular weight is 366 g/mol. The van der Waals surface area contributed by atoms with Gasteiger partial charge in [0.1, 0.15) is 30.2 Å². The molecule has 0 radical (unpaired) electrons. The van der Waals surface area contributed by atoms with Crippen molar-refractivity contribution >= 4 is 22.9 Å². The third kappa shape index (κ3) is 3.21. The zero-order valence-electron chi connectivity index (χ0n) is 14.2. The number of imidazole rings is 1. The van der Waals surface area contributed by atoms with E-state index in [1.807, 2.05) is 6.92 Å². The Morgan fingerprint density at radius 1 is 1.38 bits per heavy atom. The van der Waals surface area contributed by atoms with Crippen molar-refractivity contribution in [2.45, 2.75) is 50.4 Å². The van der Waals surface area contributed by atoms with E-state index in [0.29, 0.717) is 17.7 Å². The van der Waals surface area contributed by atoms with Crippen LogP contribution in [-0.4, -0.2) is 71.7 Å². The first-order valence-corrected chi connectivity index (χ1v) is 8.36. The number of nitrogens with zero attached hydrogens (tertiary/aromatic N) is 4. The van der Waals surface area contributed by atoms with Crippen molar-refractivity contribution in [2.24, 2.45) is 0 Å². The van der Waals surface area contributed by atoms with Crippen molar-refractivity contribution in [3.05, 3.63) is 12.7 Å². The van der Waals surface area contributed by atoms with Gasteiger partial charge in [-0.1, -0.05) is 13.3 Å². The molecule has 1 fully saturated rings. The van der Waals surface area contributed by atoms with E-state index in [1.54, 1.807) is 0 Å². The number of rotatable bonds is 6. The Bertz CT molecular complexity index is 783. The average Bonchev–Trinajstić information content (AvgIpc) is 3.18. The van der Waals surface area contributed by atoms with Crippen molar-refractivity contribution in [1.82, 2.24) is 24.8 Å². The smallest absolute Gasteiger partial charge is 0.251 e. The lowest BCUT2D eigenvalue weighted by Crippen LogP contribution is -2.47. The Hall–Kier alpha value is -2.34. The maximum absolute atomic E-state index is 12.0. The van der Waals surface area contributed by atoms with Gasteiger partial charge in [-0.2, -0.15) is 0 Å². The lowest BCUT2D eigenvalue weighted by molar-refractivity contribution is -0.143. The molecule has 11 nitrogen and oxygen atoms in total. The van der Waals surface area contributed by atoms with Gasteiger partial charge in [0.25, 0.3) is 5.91 Å². The Kier molecular flexibility index (Phi) is 5.32.